The average Bonchev–Trinajstić information content (AvgIpc) is 3.59. The van der Waals surface area contributed by atoms with Crippen LogP contribution in [-0.2, 0) is 12.8 Å². The number of halogens is 4. The Morgan fingerprint density at radius 1 is 0.786 bits per heavy atom. The van der Waals surface area contributed by atoms with Gasteiger partial charge in [0.2, 0.25) is 5.78 Å². The molecule has 6 rings (SSSR count). The van der Waals surface area contributed by atoms with Crippen molar-refractivity contribution in [1.29, 1.82) is 0 Å². The van der Waals surface area contributed by atoms with E-state index in [-0.39, 0.29) is 41.5 Å². The van der Waals surface area contributed by atoms with Crippen LogP contribution >= 0.6 is 0 Å². The lowest BCUT2D eigenvalue weighted by Gasteiger charge is -2.32. The monoisotopic (exact) mass is 596 g/mol. The van der Waals surface area contributed by atoms with Crippen LogP contribution in [0, 0.1) is 0 Å². The number of carbonyl (C=O) groups excluding carboxylic acids is 3. The van der Waals surface area contributed by atoms with Crippen molar-refractivity contribution >= 4 is 17.6 Å². The quantitative estimate of drug-likeness (QED) is 0.458. The number of fused-ring (bicyclic) bond motifs is 2. The van der Waals surface area contributed by atoms with Crippen LogP contribution in [0.2, 0.25) is 0 Å². The fraction of sp³-hybridized carbons (Fsp3) is 0.607. The smallest absolute Gasteiger partial charge is 0.310 e. The summed E-state index contributed by atoms with van der Waals surface area (Å²) >= 11 is 0. The maximum atomic E-state index is 13.5. The van der Waals surface area contributed by atoms with E-state index in [1.54, 1.807) is 9.80 Å². The van der Waals surface area contributed by atoms with E-state index in [1.165, 1.54) is 12.1 Å². The van der Waals surface area contributed by atoms with Crippen LogP contribution in [0.25, 0.3) is 0 Å². The Balaban J connectivity index is 0.000000168. The van der Waals surface area contributed by atoms with Crippen molar-refractivity contribution < 1.29 is 37.1 Å². The third-order valence-electron chi connectivity index (χ3n) is 8.54. The number of nitrogens with zero attached hydrogens (tertiary/aromatic N) is 4. The van der Waals surface area contributed by atoms with E-state index in [1.807, 2.05) is 14.1 Å². The number of aliphatic hydroxyl groups excluding tert-OH is 1. The van der Waals surface area contributed by atoms with Crippen LogP contribution in [0.1, 0.15) is 67.2 Å². The highest BCUT2D eigenvalue weighted by Crippen LogP contribution is 2.41. The molecule has 14 heteroatoms. The first kappa shape index (κ1) is 30.2. The molecule has 230 valence electrons. The van der Waals surface area contributed by atoms with Crippen molar-refractivity contribution in [2.24, 2.45) is 0 Å². The molecule has 4 aliphatic rings. The van der Waals surface area contributed by atoms with Gasteiger partial charge in [0.05, 0.1) is 0 Å². The lowest BCUT2D eigenvalue weighted by atomic mass is 9.92. The van der Waals surface area contributed by atoms with Crippen molar-refractivity contribution in [2.45, 2.75) is 43.6 Å². The second kappa shape index (κ2) is 11.5. The van der Waals surface area contributed by atoms with Crippen LogP contribution in [0.5, 0.6) is 0 Å². The van der Waals surface area contributed by atoms with Gasteiger partial charge in [-0.05, 0) is 39.1 Å². The fourth-order valence-electron chi connectivity index (χ4n) is 5.70. The summed E-state index contributed by atoms with van der Waals surface area (Å²) in [6.07, 6.45) is -2.49. The number of rotatable bonds is 2. The highest BCUT2D eigenvalue weighted by atomic mass is 19.3. The first-order chi connectivity index (χ1) is 19.8. The molecule has 10 nitrogen and oxygen atoms in total. The summed E-state index contributed by atoms with van der Waals surface area (Å²) in [6.45, 7) is 5.60. The van der Waals surface area contributed by atoms with Gasteiger partial charge in [-0.1, -0.05) is 0 Å². The number of Topliss-reactive ketones (excluding diaryl/α,β-unsaturated/α-hetero) is 1. The van der Waals surface area contributed by atoms with E-state index in [0.717, 1.165) is 26.2 Å². The second-order valence-electron chi connectivity index (χ2n) is 11.6. The number of H-pyrrole nitrogens is 2. The Morgan fingerprint density at radius 2 is 1.26 bits per heavy atom. The molecule has 2 aliphatic carbocycles. The number of carbonyl (C=O) groups is 3. The van der Waals surface area contributed by atoms with Gasteiger partial charge < -0.3 is 34.7 Å². The maximum Gasteiger partial charge on any atom is 0.310 e. The molecule has 4 heterocycles. The van der Waals surface area contributed by atoms with E-state index in [0.29, 0.717) is 43.3 Å². The minimum atomic E-state index is -3.32. The van der Waals surface area contributed by atoms with Crippen LogP contribution in [0.15, 0.2) is 12.1 Å². The molecule has 0 spiro atoms. The highest BCUT2D eigenvalue weighted by molar-refractivity contribution is 6.05. The Kier molecular flexibility index (Phi) is 8.25. The number of piperazine rings is 2. The zero-order chi connectivity index (χ0) is 30.4. The summed E-state index contributed by atoms with van der Waals surface area (Å²) in [6, 6.07) is 2.67. The largest absolute Gasteiger partial charge is 0.382 e. The molecule has 42 heavy (non-hydrogen) atoms. The zero-order valence-corrected chi connectivity index (χ0v) is 23.7. The van der Waals surface area contributed by atoms with E-state index in [9.17, 15) is 37.1 Å². The van der Waals surface area contributed by atoms with Gasteiger partial charge in [0.25, 0.3) is 17.7 Å². The van der Waals surface area contributed by atoms with Crippen molar-refractivity contribution in [3.05, 3.63) is 46.0 Å². The SMILES string of the molecule is CN1CCN(C(=O)c2cc3c([nH]2)CCC(F)(F)C3=O)CC1.CN1CCN(C(=O)c2cc3c([nH]2)CCC(F)(F)C3O)CC1. The van der Waals surface area contributed by atoms with Crippen LogP contribution < -0.4 is 0 Å². The van der Waals surface area contributed by atoms with Crippen molar-refractivity contribution in [3.63, 3.8) is 0 Å². The number of aryl methyl sites for hydroxylation is 2. The molecule has 0 aromatic carbocycles. The number of alkyl halides is 4. The molecule has 0 radical (unpaired) electrons. The van der Waals surface area contributed by atoms with Gasteiger partial charge in [0.15, 0.2) is 0 Å². The predicted molar refractivity (Wildman–Crippen MR) is 144 cm³/mol. The number of hydrogen-bond donors (Lipinski definition) is 3. The van der Waals surface area contributed by atoms with Crippen LogP contribution in [-0.4, -0.2) is 131 Å². The van der Waals surface area contributed by atoms with E-state index < -0.39 is 36.6 Å². The van der Waals surface area contributed by atoms with Crippen molar-refractivity contribution in [1.82, 2.24) is 29.6 Å². The summed E-state index contributed by atoms with van der Waals surface area (Å²) in [4.78, 5) is 49.9. The van der Waals surface area contributed by atoms with Gasteiger partial charge >= 0.3 is 5.92 Å². The summed E-state index contributed by atoms with van der Waals surface area (Å²) in [7, 11) is 3.98. The van der Waals surface area contributed by atoms with Gasteiger partial charge in [-0.25, -0.2) is 8.78 Å². The number of amides is 2. The third kappa shape index (κ3) is 5.97. The van der Waals surface area contributed by atoms with Crippen LogP contribution in [0.4, 0.5) is 17.6 Å². The second-order valence-corrected chi connectivity index (χ2v) is 11.6. The maximum absolute atomic E-state index is 13.5. The molecular formula is C28H36F4N6O4. The van der Waals surface area contributed by atoms with Gasteiger partial charge in [-0.15, -0.1) is 0 Å². The molecule has 2 saturated heterocycles. The zero-order valence-electron chi connectivity index (χ0n) is 23.7. The molecule has 2 aromatic rings. The number of likely N-dealkylation sites (N-methyl/N-ethyl adjacent to an activating group) is 2. The molecule has 1 atom stereocenters. The topological polar surface area (TPSA) is 116 Å². The fourth-order valence-corrected chi connectivity index (χ4v) is 5.70. The molecule has 0 saturated carbocycles. The predicted octanol–water partition coefficient (Wildman–Crippen LogP) is 2.18. The molecule has 2 amide bonds. The van der Waals surface area contributed by atoms with E-state index in [4.69, 9.17) is 0 Å². The summed E-state index contributed by atoms with van der Waals surface area (Å²) in [5, 5.41) is 9.73. The molecular weight excluding hydrogens is 560 g/mol. The number of hydrogen-bond acceptors (Lipinski definition) is 6. The average molecular weight is 597 g/mol. The van der Waals surface area contributed by atoms with Crippen molar-refractivity contribution in [2.75, 3.05) is 66.5 Å². The molecule has 2 fully saturated rings. The number of ketones is 1. The van der Waals surface area contributed by atoms with Crippen LogP contribution in [0.3, 0.4) is 0 Å². The van der Waals surface area contributed by atoms with E-state index in [2.05, 4.69) is 19.8 Å². The standard InChI is InChI=1S/C14H19F2N3O2.C14H17F2N3O2/c2*1-18-4-6-19(7-5-18)13(21)11-8-9-10(17-11)2-3-14(15,16)12(9)20/h8,12,17,20H,2-7H2,1H3;8,17H,2-7H2,1H3. The summed E-state index contributed by atoms with van der Waals surface area (Å²) in [5.74, 6) is -8.04. The minimum absolute atomic E-state index is 0.0382. The molecule has 1 unspecified atom stereocenters. The normalized spacial score (nSPS) is 24.0. The molecule has 2 aromatic heterocycles. The lowest BCUT2D eigenvalue weighted by Crippen LogP contribution is -2.47. The summed E-state index contributed by atoms with van der Waals surface area (Å²) in [5.41, 5.74) is 1.64. The van der Waals surface area contributed by atoms with Gasteiger partial charge in [-0.3, -0.25) is 14.4 Å². The lowest BCUT2D eigenvalue weighted by molar-refractivity contribution is -0.121. The Hall–Kier alpha value is -3.23. The highest BCUT2D eigenvalue weighted by Gasteiger charge is 2.45. The first-order valence-corrected chi connectivity index (χ1v) is 14.1. The Bertz CT molecular complexity index is 1340. The molecule has 0 bridgehead atoms. The first-order valence-electron chi connectivity index (χ1n) is 14.1. The number of aromatic nitrogens is 2. The van der Waals surface area contributed by atoms with Gasteiger partial charge in [-0.2, -0.15) is 8.78 Å². The number of nitrogens with one attached hydrogen (secondary N) is 2. The molecule has 2 aliphatic heterocycles. The third-order valence-corrected chi connectivity index (χ3v) is 8.54. The summed E-state index contributed by atoms with van der Waals surface area (Å²) < 4.78 is 53.9. The Labute approximate surface area is 240 Å². The van der Waals surface area contributed by atoms with E-state index >= 15 is 0 Å². The number of aromatic amines is 2. The van der Waals surface area contributed by atoms with Gasteiger partial charge in [0, 0.05) is 87.7 Å². The number of aliphatic hydroxyl groups is 1. The minimum Gasteiger partial charge on any atom is -0.382 e. The Morgan fingerprint density at radius 3 is 1.81 bits per heavy atom. The van der Waals surface area contributed by atoms with Crippen molar-refractivity contribution in [3.8, 4) is 0 Å². The van der Waals surface area contributed by atoms with Gasteiger partial charge in [0.1, 0.15) is 17.5 Å². The molecule has 3 N–H and O–H groups in total.